The zero-order chi connectivity index (χ0) is 35.7. The highest BCUT2D eigenvalue weighted by atomic mass is 35.5. The molecule has 270 valence electrons. The molecule has 0 spiro atoms. The van der Waals surface area contributed by atoms with Crippen LogP contribution in [0.4, 0.5) is 33.5 Å². The van der Waals surface area contributed by atoms with Crippen molar-refractivity contribution in [2.45, 2.75) is 75.8 Å². The minimum Gasteiger partial charge on any atom is -0.461 e. The van der Waals surface area contributed by atoms with Crippen molar-refractivity contribution in [3.05, 3.63) is 55.7 Å². The van der Waals surface area contributed by atoms with Gasteiger partial charge in [-0.3, -0.25) is 14.4 Å². The normalized spacial score (nSPS) is 23.7. The summed E-state index contributed by atoms with van der Waals surface area (Å²) >= 11 is 12.6. The van der Waals surface area contributed by atoms with E-state index in [1.807, 2.05) is 4.90 Å². The molecule has 2 saturated heterocycles. The first-order valence-corrected chi connectivity index (χ1v) is 17.0. The molecule has 2 fully saturated rings. The Bertz CT molecular complexity index is 1840. The lowest BCUT2D eigenvalue weighted by atomic mass is 9.94. The molecule has 2 N–H and O–H groups in total. The number of hydrogen-bond donors (Lipinski definition) is 1. The third-order valence-electron chi connectivity index (χ3n) is 10.0. The monoisotopic (exact) mass is 744 g/mol. The molecule has 0 radical (unpaired) electrons. The fourth-order valence-electron chi connectivity index (χ4n) is 7.62. The smallest absolute Gasteiger partial charge is 0.418 e. The van der Waals surface area contributed by atoms with E-state index in [4.69, 9.17) is 43.4 Å². The van der Waals surface area contributed by atoms with Gasteiger partial charge in [-0.15, -0.1) is 0 Å². The SMILES string of the molecule is CN(C)C(=O)c1nn2c(c1Cl)CN(c1nc(OC[C@@]34CCCN3C[C@H](F)C4)nc3c1CO[C@H](c1cc(N)c(F)c(Cl)c1C(F)(F)F)C3)CCC2. The Labute approximate surface area is 294 Å². The molecule has 4 aliphatic heterocycles. The highest BCUT2D eigenvalue weighted by Gasteiger charge is 2.49. The summed E-state index contributed by atoms with van der Waals surface area (Å²) in [6.45, 7) is 2.15. The molecular formula is C32H35Cl2F5N8O3. The van der Waals surface area contributed by atoms with Crippen LogP contribution in [-0.4, -0.2) is 87.5 Å². The Morgan fingerprint density at radius 3 is 2.70 bits per heavy atom. The number of amides is 1. The number of halogens is 7. The van der Waals surface area contributed by atoms with E-state index in [0.717, 1.165) is 25.5 Å². The number of nitrogen functional groups attached to an aromatic ring is 1. The summed E-state index contributed by atoms with van der Waals surface area (Å²) < 4.78 is 85.7. The predicted molar refractivity (Wildman–Crippen MR) is 174 cm³/mol. The largest absolute Gasteiger partial charge is 0.461 e. The molecule has 0 unspecified atom stereocenters. The predicted octanol–water partition coefficient (Wildman–Crippen LogP) is 5.60. The quantitative estimate of drug-likeness (QED) is 0.255. The van der Waals surface area contributed by atoms with E-state index in [1.165, 1.54) is 4.90 Å². The lowest BCUT2D eigenvalue weighted by molar-refractivity contribution is -0.140. The molecular weight excluding hydrogens is 710 g/mol. The van der Waals surface area contributed by atoms with Gasteiger partial charge < -0.3 is 25.0 Å². The number of anilines is 2. The number of aryl methyl sites for hydroxylation is 1. The number of rotatable bonds is 6. The first-order valence-electron chi connectivity index (χ1n) is 16.3. The van der Waals surface area contributed by atoms with Crippen molar-refractivity contribution >= 4 is 40.6 Å². The van der Waals surface area contributed by atoms with Gasteiger partial charge in [-0.05, 0) is 37.4 Å². The minimum atomic E-state index is -5.00. The van der Waals surface area contributed by atoms with Crippen LogP contribution in [0.15, 0.2) is 6.07 Å². The van der Waals surface area contributed by atoms with Crippen LogP contribution in [0.3, 0.4) is 0 Å². The van der Waals surface area contributed by atoms with Crippen LogP contribution in [0, 0.1) is 5.82 Å². The summed E-state index contributed by atoms with van der Waals surface area (Å²) in [7, 11) is 3.21. The van der Waals surface area contributed by atoms with Gasteiger partial charge in [-0.25, -0.2) is 8.78 Å². The number of alkyl halides is 4. The van der Waals surface area contributed by atoms with Crippen molar-refractivity contribution < 1.29 is 36.2 Å². The van der Waals surface area contributed by atoms with Crippen LogP contribution in [0.5, 0.6) is 6.01 Å². The molecule has 6 heterocycles. The molecule has 0 aliphatic carbocycles. The number of nitrogens with two attached hydrogens (primary N) is 1. The zero-order valence-corrected chi connectivity index (χ0v) is 28.8. The fraction of sp³-hybridized carbons (Fsp3) is 0.562. The van der Waals surface area contributed by atoms with Crippen LogP contribution in [0.2, 0.25) is 10.0 Å². The Kier molecular flexibility index (Phi) is 9.05. The lowest BCUT2D eigenvalue weighted by Gasteiger charge is -2.33. The number of carbonyl (C=O) groups excluding carboxylic acids is 1. The van der Waals surface area contributed by atoms with Crippen LogP contribution >= 0.6 is 23.2 Å². The van der Waals surface area contributed by atoms with Gasteiger partial charge in [0.05, 0.1) is 57.5 Å². The topological polar surface area (TPSA) is 115 Å². The van der Waals surface area contributed by atoms with Gasteiger partial charge in [0, 0.05) is 52.1 Å². The van der Waals surface area contributed by atoms with Crippen molar-refractivity contribution in [2.75, 3.05) is 51.0 Å². The van der Waals surface area contributed by atoms with Gasteiger partial charge in [0.15, 0.2) is 11.5 Å². The Morgan fingerprint density at radius 1 is 1.18 bits per heavy atom. The highest BCUT2D eigenvalue weighted by molar-refractivity contribution is 6.34. The van der Waals surface area contributed by atoms with E-state index in [9.17, 15) is 26.7 Å². The first kappa shape index (κ1) is 35.0. The van der Waals surface area contributed by atoms with Gasteiger partial charge >= 0.3 is 12.2 Å². The van der Waals surface area contributed by atoms with E-state index in [0.29, 0.717) is 55.2 Å². The van der Waals surface area contributed by atoms with E-state index >= 15 is 0 Å². The number of aromatic nitrogens is 4. The minimum absolute atomic E-state index is 0.0250. The third-order valence-corrected chi connectivity index (χ3v) is 10.8. The molecule has 1 aromatic carbocycles. The Balaban J connectivity index is 1.27. The maximum Gasteiger partial charge on any atom is 0.418 e. The average molecular weight is 746 g/mol. The molecule has 50 heavy (non-hydrogen) atoms. The maximum absolute atomic E-state index is 14.5. The zero-order valence-electron chi connectivity index (χ0n) is 27.3. The van der Waals surface area contributed by atoms with Crippen LogP contribution in [-0.2, 0) is 37.0 Å². The van der Waals surface area contributed by atoms with Crippen LogP contribution in [0.25, 0.3) is 0 Å². The summed E-state index contributed by atoms with van der Waals surface area (Å²) in [5.74, 6) is -1.30. The van der Waals surface area contributed by atoms with E-state index in [2.05, 4.69) is 15.0 Å². The van der Waals surface area contributed by atoms with Crippen LogP contribution < -0.4 is 15.4 Å². The summed E-state index contributed by atoms with van der Waals surface area (Å²) in [6, 6.07) is 0.869. The van der Waals surface area contributed by atoms with Gasteiger partial charge in [-0.1, -0.05) is 23.2 Å². The second-order valence-corrected chi connectivity index (χ2v) is 14.2. The molecule has 11 nitrogen and oxygen atoms in total. The van der Waals surface area contributed by atoms with Gasteiger partial charge in [0.2, 0.25) is 0 Å². The molecule has 3 aromatic rings. The maximum atomic E-state index is 14.5. The summed E-state index contributed by atoms with van der Waals surface area (Å²) in [5, 5.41) is 3.55. The van der Waals surface area contributed by atoms with Crippen molar-refractivity contribution in [3.63, 3.8) is 0 Å². The Morgan fingerprint density at radius 2 is 1.96 bits per heavy atom. The fourth-order valence-corrected chi connectivity index (χ4v) is 8.22. The van der Waals surface area contributed by atoms with Crippen molar-refractivity contribution in [1.82, 2.24) is 29.5 Å². The van der Waals surface area contributed by atoms with E-state index in [-0.39, 0.29) is 48.8 Å². The van der Waals surface area contributed by atoms with Crippen molar-refractivity contribution in [3.8, 4) is 6.01 Å². The first-order chi connectivity index (χ1) is 23.7. The molecule has 0 saturated carbocycles. The summed E-state index contributed by atoms with van der Waals surface area (Å²) in [6.07, 6.45) is -4.82. The summed E-state index contributed by atoms with van der Waals surface area (Å²) in [4.78, 5) is 27.6. The molecule has 0 bridgehead atoms. The standard InChI is InChI=1S/C32H35Cl2F5N8O3/c1-44(2)29(48)27-24(33)21-13-45(6-4-8-47(21)43-27)28-18-14-49-22(17-9-19(40)26(36)25(34)23(17)32(37,38)39)10-20(18)41-30(42-28)50-15-31-5-3-7-46(31)12-16(35)11-31/h9,16,22H,3-8,10-15,40H2,1-2H3/t16-,22+,31+/m1/s1. The Hall–Kier alpha value is -3.47. The number of ether oxygens (including phenoxy) is 2. The van der Waals surface area contributed by atoms with Crippen molar-refractivity contribution in [2.24, 2.45) is 0 Å². The molecule has 7 rings (SSSR count). The van der Waals surface area contributed by atoms with Gasteiger partial charge in [0.25, 0.3) is 5.91 Å². The lowest BCUT2D eigenvalue weighted by Crippen LogP contribution is -2.43. The highest BCUT2D eigenvalue weighted by Crippen LogP contribution is 2.46. The molecule has 2 aromatic heterocycles. The van der Waals surface area contributed by atoms with Gasteiger partial charge in [0.1, 0.15) is 18.6 Å². The van der Waals surface area contributed by atoms with Crippen LogP contribution in [0.1, 0.15) is 70.4 Å². The van der Waals surface area contributed by atoms with E-state index in [1.54, 1.807) is 18.8 Å². The molecule has 3 atom stereocenters. The molecule has 18 heteroatoms. The number of hydrogen-bond acceptors (Lipinski definition) is 9. The molecule has 1 amide bonds. The number of benzene rings is 1. The summed E-state index contributed by atoms with van der Waals surface area (Å²) in [5.41, 5.74) is 4.47. The average Bonchev–Trinajstić information content (AvgIpc) is 3.63. The third kappa shape index (κ3) is 6.11. The number of nitrogens with zero attached hydrogens (tertiary/aromatic N) is 7. The number of fused-ring (bicyclic) bond motifs is 3. The second kappa shape index (κ2) is 12.9. The second-order valence-electron chi connectivity index (χ2n) is 13.5. The molecule has 4 aliphatic rings. The van der Waals surface area contributed by atoms with E-state index < -0.39 is 51.6 Å². The van der Waals surface area contributed by atoms with Gasteiger partial charge in [-0.2, -0.15) is 28.2 Å². The number of carbonyl (C=O) groups is 1. The van der Waals surface area contributed by atoms with Crippen molar-refractivity contribution in [1.29, 1.82) is 0 Å².